The van der Waals surface area contributed by atoms with Gasteiger partial charge in [-0.05, 0) is 59.9 Å². The van der Waals surface area contributed by atoms with Gasteiger partial charge in [-0.25, -0.2) is 0 Å². The van der Waals surface area contributed by atoms with Crippen LogP contribution in [0.25, 0.3) is 11.6 Å². The molecule has 29 heavy (non-hydrogen) atoms. The molecule has 0 aromatic heterocycles. The molecule has 0 aliphatic rings. The molecule has 158 valence electrons. The van der Waals surface area contributed by atoms with E-state index in [-0.39, 0.29) is 6.61 Å². The van der Waals surface area contributed by atoms with E-state index in [0.717, 1.165) is 51.9 Å². The van der Waals surface area contributed by atoms with E-state index in [9.17, 15) is 5.11 Å². The van der Waals surface area contributed by atoms with E-state index in [4.69, 9.17) is 9.47 Å². The number of rotatable bonds is 13. The topological polar surface area (TPSA) is 38.7 Å². The van der Waals surface area contributed by atoms with Gasteiger partial charge in [-0.3, -0.25) is 0 Å². The smallest absolute Gasteiger partial charge is 0.161 e. The number of halogens is 1. The Morgan fingerprint density at radius 1 is 0.897 bits per heavy atom. The van der Waals surface area contributed by atoms with Gasteiger partial charge in [-0.2, -0.15) is 0 Å². The van der Waals surface area contributed by atoms with Crippen molar-refractivity contribution in [2.45, 2.75) is 52.4 Å². The molecule has 0 fully saturated rings. The van der Waals surface area contributed by atoms with Gasteiger partial charge in [0, 0.05) is 4.47 Å². The molecule has 0 aliphatic heterocycles. The number of aliphatic hydroxyl groups excluding tert-OH is 1. The number of aliphatic hydroxyl groups is 1. The summed E-state index contributed by atoms with van der Waals surface area (Å²) in [6.45, 7) is 5.73. The number of hydrogen-bond donors (Lipinski definition) is 1. The maximum absolute atomic E-state index is 9.88. The van der Waals surface area contributed by atoms with Crippen LogP contribution in [0.1, 0.15) is 63.5 Å². The molecule has 4 heteroatoms. The number of hydrogen-bond acceptors (Lipinski definition) is 3. The molecule has 0 aliphatic carbocycles. The number of benzene rings is 2. The molecule has 0 bridgehead atoms. The van der Waals surface area contributed by atoms with E-state index in [1.807, 2.05) is 48.5 Å². The first kappa shape index (κ1) is 23.5. The lowest BCUT2D eigenvalue weighted by molar-refractivity contribution is 0.259. The first-order valence-electron chi connectivity index (χ1n) is 10.6. The van der Waals surface area contributed by atoms with Gasteiger partial charge in [0.2, 0.25) is 0 Å². The zero-order valence-corrected chi connectivity index (χ0v) is 19.2. The van der Waals surface area contributed by atoms with Crippen LogP contribution in [-0.2, 0) is 0 Å². The van der Waals surface area contributed by atoms with Crippen molar-refractivity contribution >= 4 is 27.6 Å². The van der Waals surface area contributed by atoms with Gasteiger partial charge in [-0.1, -0.05) is 73.7 Å². The molecule has 3 nitrogen and oxygen atoms in total. The second-order valence-corrected chi connectivity index (χ2v) is 8.07. The maximum Gasteiger partial charge on any atom is 0.161 e. The van der Waals surface area contributed by atoms with Gasteiger partial charge in [0.15, 0.2) is 11.5 Å². The first-order chi connectivity index (χ1) is 14.2. The Labute approximate surface area is 183 Å². The Hall–Kier alpha value is -1.78. The fourth-order valence-electron chi connectivity index (χ4n) is 3.02. The van der Waals surface area contributed by atoms with Crippen molar-refractivity contribution < 1.29 is 14.6 Å². The molecule has 1 N–H and O–H groups in total. The highest BCUT2D eigenvalue weighted by atomic mass is 79.9. The Bertz CT molecular complexity index is 770. The van der Waals surface area contributed by atoms with Crippen molar-refractivity contribution in [3.63, 3.8) is 0 Å². The van der Waals surface area contributed by atoms with Crippen molar-refractivity contribution in [1.29, 1.82) is 0 Å². The summed E-state index contributed by atoms with van der Waals surface area (Å²) in [7, 11) is 0. The molecule has 0 saturated carbocycles. The summed E-state index contributed by atoms with van der Waals surface area (Å²) in [5, 5.41) is 9.88. The average Bonchev–Trinajstić information content (AvgIpc) is 2.73. The molecule has 0 unspecified atom stereocenters. The highest BCUT2D eigenvalue weighted by Gasteiger charge is 2.08. The van der Waals surface area contributed by atoms with Gasteiger partial charge in [0.1, 0.15) is 0 Å². The zero-order valence-electron chi connectivity index (χ0n) is 17.6. The summed E-state index contributed by atoms with van der Waals surface area (Å²) in [5.74, 6) is 1.57. The summed E-state index contributed by atoms with van der Waals surface area (Å²) in [5.41, 5.74) is 2.84. The van der Waals surface area contributed by atoms with E-state index in [2.05, 4.69) is 29.8 Å². The summed E-state index contributed by atoms with van der Waals surface area (Å²) in [6.07, 6.45) is 8.74. The van der Waals surface area contributed by atoms with Gasteiger partial charge in [-0.15, -0.1) is 0 Å². The second kappa shape index (κ2) is 13.4. The SMILES string of the molecule is CCCCCOc1ccc(C=C(CO)c2cccc(Br)c2)cc1OCCCCC. The lowest BCUT2D eigenvalue weighted by Gasteiger charge is -2.14. The zero-order chi connectivity index (χ0) is 20.9. The third kappa shape index (κ3) is 8.23. The van der Waals surface area contributed by atoms with E-state index < -0.39 is 0 Å². The van der Waals surface area contributed by atoms with Crippen LogP contribution in [0.5, 0.6) is 11.5 Å². The van der Waals surface area contributed by atoms with Crippen molar-refractivity contribution in [3.05, 3.63) is 58.1 Å². The van der Waals surface area contributed by atoms with E-state index >= 15 is 0 Å². The summed E-state index contributed by atoms with van der Waals surface area (Å²) in [4.78, 5) is 0. The first-order valence-corrected chi connectivity index (χ1v) is 11.4. The van der Waals surface area contributed by atoms with Gasteiger partial charge >= 0.3 is 0 Å². The highest BCUT2D eigenvalue weighted by molar-refractivity contribution is 9.10. The normalized spacial score (nSPS) is 11.5. The summed E-state index contributed by atoms with van der Waals surface area (Å²) < 4.78 is 13.0. The van der Waals surface area contributed by atoms with Crippen molar-refractivity contribution in [1.82, 2.24) is 0 Å². The van der Waals surface area contributed by atoms with Crippen LogP contribution in [0.15, 0.2) is 46.9 Å². The summed E-state index contributed by atoms with van der Waals surface area (Å²) in [6, 6.07) is 14.0. The Morgan fingerprint density at radius 3 is 2.21 bits per heavy atom. The Balaban J connectivity index is 2.21. The van der Waals surface area contributed by atoms with Crippen LogP contribution in [0.3, 0.4) is 0 Å². The fourth-order valence-corrected chi connectivity index (χ4v) is 3.42. The predicted molar refractivity (Wildman–Crippen MR) is 126 cm³/mol. The third-order valence-corrected chi connectivity index (χ3v) is 5.18. The van der Waals surface area contributed by atoms with E-state index in [0.29, 0.717) is 13.2 Å². The highest BCUT2D eigenvalue weighted by Crippen LogP contribution is 2.31. The maximum atomic E-state index is 9.88. The molecular formula is C25H33BrO3. The van der Waals surface area contributed by atoms with Crippen molar-refractivity contribution in [2.75, 3.05) is 19.8 Å². The molecule has 0 spiro atoms. The summed E-state index contributed by atoms with van der Waals surface area (Å²) >= 11 is 3.50. The van der Waals surface area contributed by atoms with Crippen LogP contribution >= 0.6 is 15.9 Å². The molecule has 0 radical (unpaired) electrons. The van der Waals surface area contributed by atoms with Crippen LogP contribution in [0, 0.1) is 0 Å². The standard InChI is InChI=1S/C25H33BrO3/c1-3-5-7-14-28-24-13-12-20(17-25(24)29-15-8-6-4-2)16-22(19-27)21-10-9-11-23(26)18-21/h9-13,16-18,27H,3-8,14-15,19H2,1-2H3. The Morgan fingerprint density at radius 2 is 1.59 bits per heavy atom. The molecular weight excluding hydrogens is 428 g/mol. The molecule has 2 aromatic rings. The van der Waals surface area contributed by atoms with Crippen molar-refractivity contribution in [3.8, 4) is 11.5 Å². The minimum absolute atomic E-state index is 0.0294. The molecule has 0 heterocycles. The molecule has 2 rings (SSSR count). The van der Waals surface area contributed by atoms with Crippen LogP contribution in [-0.4, -0.2) is 24.9 Å². The largest absolute Gasteiger partial charge is 0.490 e. The lowest BCUT2D eigenvalue weighted by atomic mass is 10.0. The Kier molecular flexibility index (Phi) is 10.9. The fraction of sp³-hybridized carbons (Fsp3) is 0.440. The predicted octanol–water partition coefficient (Wildman–Crippen LogP) is 7.12. The van der Waals surface area contributed by atoms with Crippen molar-refractivity contribution in [2.24, 2.45) is 0 Å². The lowest BCUT2D eigenvalue weighted by Crippen LogP contribution is -2.03. The molecule has 2 aromatic carbocycles. The van der Waals surface area contributed by atoms with Gasteiger partial charge < -0.3 is 14.6 Å². The monoisotopic (exact) mass is 460 g/mol. The van der Waals surface area contributed by atoms with Crippen LogP contribution in [0.4, 0.5) is 0 Å². The number of unbranched alkanes of at least 4 members (excludes halogenated alkanes) is 4. The van der Waals surface area contributed by atoms with Gasteiger partial charge in [0.25, 0.3) is 0 Å². The second-order valence-electron chi connectivity index (χ2n) is 7.16. The quantitative estimate of drug-likeness (QED) is 0.255. The van der Waals surface area contributed by atoms with Crippen LogP contribution in [0.2, 0.25) is 0 Å². The third-order valence-electron chi connectivity index (χ3n) is 4.69. The van der Waals surface area contributed by atoms with E-state index in [1.165, 1.54) is 19.3 Å². The minimum atomic E-state index is -0.0294. The van der Waals surface area contributed by atoms with Gasteiger partial charge in [0.05, 0.1) is 19.8 Å². The van der Waals surface area contributed by atoms with Crippen LogP contribution < -0.4 is 9.47 Å². The molecule has 0 atom stereocenters. The average molecular weight is 461 g/mol. The number of ether oxygens (including phenoxy) is 2. The minimum Gasteiger partial charge on any atom is -0.490 e. The molecule has 0 saturated heterocycles. The molecule has 0 amide bonds. The van der Waals surface area contributed by atoms with E-state index in [1.54, 1.807) is 0 Å².